The topological polar surface area (TPSA) is 114 Å². The number of nitrogens with zero attached hydrogens (tertiary/aromatic N) is 8. The molecule has 0 saturated carbocycles. The SMILES string of the molecule is CCc1nc2ccccc2n1-c1nc(N2CCOCC2)c2nc(C(=O)N3CCCC(CO)C3)n(C)c2n1. The maximum absolute atomic E-state index is 13.6. The number of carbonyl (C=O) groups excluding carboxylic acids is 1. The Morgan fingerprint density at radius 2 is 1.92 bits per heavy atom. The van der Waals surface area contributed by atoms with Gasteiger partial charge in [-0.15, -0.1) is 0 Å². The fourth-order valence-corrected chi connectivity index (χ4v) is 5.40. The number of carbonyl (C=O) groups is 1. The molecule has 37 heavy (non-hydrogen) atoms. The molecule has 1 unspecified atom stereocenters. The minimum absolute atomic E-state index is 0.0843. The van der Waals surface area contributed by atoms with Crippen molar-refractivity contribution < 1.29 is 14.6 Å². The first kappa shape index (κ1) is 23.8. The van der Waals surface area contributed by atoms with Crippen LogP contribution in [0.2, 0.25) is 0 Å². The summed E-state index contributed by atoms with van der Waals surface area (Å²) in [6.45, 7) is 5.91. The van der Waals surface area contributed by atoms with E-state index in [1.54, 1.807) is 9.47 Å². The van der Waals surface area contributed by atoms with Crippen LogP contribution in [0.1, 0.15) is 36.2 Å². The van der Waals surface area contributed by atoms with E-state index in [1.165, 1.54) is 0 Å². The molecule has 0 aliphatic carbocycles. The molecule has 2 saturated heterocycles. The number of aliphatic hydroxyl groups excluding tert-OH is 1. The van der Waals surface area contributed by atoms with E-state index in [2.05, 4.69) is 11.8 Å². The van der Waals surface area contributed by atoms with Gasteiger partial charge in [0.15, 0.2) is 17.0 Å². The number of fused-ring (bicyclic) bond motifs is 2. The number of anilines is 1. The maximum Gasteiger partial charge on any atom is 0.289 e. The van der Waals surface area contributed by atoms with Crippen molar-refractivity contribution in [2.45, 2.75) is 26.2 Å². The Bertz CT molecular complexity index is 1460. The molecule has 2 aliphatic rings. The van der Waals surface area contributed by atoms with Gasteiger partial charge in [0, 0.05) is 46.3 Å². The normalized spacial score (nSPS) is 18.7. The number of ether oxygens (including phenoxy) is 1. The minimum atomic E-state index is -0.143. The molecule has 5 heterocycles. The molecule has 1 aromatic carbocycles. The van der Waals surface area contributed by atoms with Crippen LogP contribution in [0.5, 0.6) is 0 Å². The number of piperidine rings is 1. The lowest BCUT2D eigenvalue weighted by Crippen LogP contribution is -2.41. The summed E-state index contributed by atoms with van der Waals surface area (Å²) in [5.41, 5.74) is 3.04. The number of aliphatic hydroxyl groups is 1. The van der Waals surface area contributed by atoms with Crippen LogP contribution in [0.15, 0.2) is 24.3 Å². The van der Waals surface area contributed by atoms with Crippen LogP contribution in [-0.4, -0.2) is 91.0 Å². The first-order valence-corrected chi connectivity index (χ1v) is 13.0. The molecule has 0 spiro atoms. The lowest BCUT2D eigenvalue weighted by Gasteiger charge is -2.31. The molecule has 2 aliphatic heterocycles. The van der Waals surface area contributed by atoms with Crippen LogP contribution in [0.25, 0.3) is 28.1 Å². The average molecular weight is 505 g/mol. The summed E-state index contributed by atoms with van der Waals surface area (Å²) < 4.78 is 9.37. The molecule has 1 N–H and O–H groups in total. The standard InChI is InChI=1S/C26H32N8O3/c1-3-20-27-18-8-4-5-9-19(18)34(20)26-29-22-21(23(30-26)32-11-13-37-14-12-32)28-24(31(22)2)25(36)33-10-6-7-17(15-33)16-35/h4-5,8-9,17,35H,3,6-7,10-16H2,1-2H3. The number of amides is 1. The molecule has 11 heteroatoms. The summed E-state index contributed by atoms with van der Waals surface area (Å²) in [6, 6.07) is 7.98. The number of para-hydroxylation sites is 2. The second-order valence-corrected chi connectivity index (χ2v) is 9.76. The number of likely N-dealkylation sites (tertiary alicyclic amines) is 1. The third kappa shape index (κ3) is 4.11. The van der Waals surface area contributed by atoms with Crippen LogP contribution in [-0.2, 0) is 18.2 Å². The molecular formula is C26H32N8O3. The Morgan fingerprint density at radius 3 is 2.70 bits per heavy atom. The van der Waals surface area contributed by atoms with Crippen LogP contribution in [0, 0.1) is 5.92 Å². The summed E-state index contributed by atoms with van der Waals surface area (Å²) in [4.78, 5) is 37.2. The van der Waals surface area contributed by atoms with Crippen LogP contribution < -0.4 is 4.90 Å². The van der Waals surface area contributed by atoms with E-state index in [1.807, 2.05) is 35.9 Å². The summed E-state index contributed by atoms with van der Waals surface area (Å²) in [5, 5.41) is 9.65. The zero-order chi connectivity index (χ0) is 25.5. The van der Waals surface area contributed by atoms with Gasteiger partial charge in [-0.1, -0.05) is 19.1 Å². The maximum atomic E-state index is 13.6. The summed E-state index contributed by atoms with van der Waals surface area (Å²) in [7, 11) is 1.84. The number of hydrogen-bond donors (Lipinski definition) is 1. The molecule has 0 bridgehead atoms. The number of aromatic nitrogens is 6. The number of morpholine rings is 1. The van der Waals surface area contributed by atoms with Crippen molar-refractivity contribution in [2.24, 2.45) is 13.0 Å². The smallest absolute Gasteiger partial charge is 0.289 e. The van der Waals surface area contributed by atoms with Crippen molar-refractivity contribution in [1.29, 1.82) is 0 Å². The Kier molecular flexibility index (Phi) is 6.25. The number of imidazole rings is 2. The minimum Gasteiger partial charge on any atom is -0.396 e. The Morgan fingerprint density at radius 1 is 1.11 bits per heavy atom. The lowest BCUT2D eigenvalue weighted by atomic mass is 9.99. The first-order valence-electron chi connectivity index (χ1n) is 13.0. The first-order chi connectivity index (χ1) is 18.1. The number of benzene rings is 1. The van der Waals surface area contributed by atoms with Gasteiger partial charge in [0.1, 0.15) is 5.82 Å². The molecule has 6 rings (SSSR count). The Balaban J connectivity index is 1.52. The third-order valence-electron chi connectivity index (χ3n) is 7.40. The van der Waals surface area contributed by atoms with Crippen molar-refractivity contribution in [1.82, 2.24) is 34.0 Å². The molecule has 194 valence electrons. The van der Waals surface area contributed by atoms with E-state index in [9.17, 15) is 9.90 Å². The van der Waals surface area contributed by atoms with Gasteiger partial charge in [-0.3, -0.25) is 9.36 Å². The van der Waals surface area contributed by atoms with E-state index in [-0.39, 0.29) is 18.4 Å². The van der Waals surface area contributed by atoms with Gasteiger partial charge in [0.05, 0.1) is 24.2 Å². The van der Waals surface area contributed by atoms with E-state index >= 15 is 0 Å². The highest BCUT2D eigenvalue weighted by atomic mass is 16.5. The molecule has 1 amide bonds. The molecular weight excluding hydrogens is 472 g/mol. The van der Waals surface area contributed by atoms with E-state index in [0.29, 0.717) is 68.1 Å². The van der Waals surface area contributed by atoms with Gasteiger partial charge >= 0.3 is 0 Å². The monoisotopic (exact) mass is 504 g/mol. The molecule has 4 aromatic rings. The Labute approximate surface area is 214 Å². The average Bonchev–Trinajstić information content (AvgIpc) is 3.50. The van der Waals surface area contributed by atoms with Crippen LogP contribution >= 0.6 is 0 Å². The van der Waals surface area contributed by atoms with Gasteiger partial charge < -0.3 is 24.2 Å². The van der Waals surface area contributed by atoms with Gasteiger partial charge in [-0.2, -0.15) is 9.97 Å². The van der Waals surface area contributed by atoms with E-state index < -0.39 is 0 Å². The molecule has 2 fully saturated rings. The number of rotatable bonds is 5. The second-order valence-electron chi connectivity index (χ2n) is 9.76. The quantitative estimate of drug-likeness (QED) is 0.439. The van der Waals surface area contributed by atoms with Crippen LogP contribution in [0.4, 0.5) is 5.82 Å². The lowest BCUT2D eigenvalue weighted by molar-refractivity contribution is 0.0606. The van der Waals surface area contributed by atoms with Gasteiger partial charge in [-0.25, -0.2) is 9.97 Å². The largest absolute Gasteiger partial charge is 0.396 e. The van der Waals surface area contributed by atoms with Crippen molar-refractivity contribution in [3.05, 3.63) is 35.9 Å². The molecule has 0 radical (unpaired) electrons. The van der Waals surface area contributed by atoms with Crippen molar-refractivity contribution in [3.63, 3.8) is 0 Å². The van der Waals surface area contributed by atoms with Gasteiger partial charge in [0.2, 0.25) is 11.8 Å². The third-order valence-corrected chi connectivity index (χ3v) is 7.40. The molecule has 1 atom stereocenters. The van der Waals surface area contributed by atoms with Crippen molar-refractivity contribution in [2.75, 3.05) is 50.9 Å². The zero-order valence-corrected chi connectivity index (χ0v) is 21.3. The molecule has 3 aromatic heterocycles. The summed E-state index contributed by atoms with van der Waals surface area (Å²) in [6.07, 6.45) is 2.52. The highest BCUT2D eigenvalue weighted by Crippen LogP contribution is 2.29. The summed E-state index contributed by atoms with van der Waals surface area (Å²) in [5.74, 6) is 2.38. The fourth-order valence-electron chi connectivity index (χ4n) is 5.40. The van der Waals surface area contributed by atoms with Crippen molar-refractivity contribution in [3.8, 4) is 5.95 Å². The predicted octanol–water partition coefficient (Wildman–Crippen LogP) is 1.95. The predicted molar refractivity (Wildman–Crippen MR) is 139 cm³/mol. The van der Waals surface area contributed by atoms with Gasteiger partial charge in [0.25, 0.3) is 5.91 Å². The highest BCUT2D eigenvalue weighted by molar-refractivity contribution is 5.96. The van der Waals surface area contributed by atoms with Gasteiger partial charge in [-0.05, 0) is 30.9 Å². The highest BCUT2D eigenvalue weighted by Gasteiger charge is 2.30. The number of hydrogen-bond acceptors (Lipinski definition) is 8. The Hall–Kier alpha value is -3.57. The zero-order valence-electron chi connectivity index (χ0n) is 21.3. The van der Waals surface area contributed by atoms with E-state index in [4.69, 9.17) is 24.7 Å². The number of aryl methyl sites for hydroxylation is 2. The second kappa shape index (κ2) is 9.71. The summed E-state index contributed by atoms with van der Waals surface area (Å²) >= 11 is 0. The van der Waals surface area contributed by atoms with Crippen molar-refractivity contribution >= 4 is 33.9 Å². The van der Waals surface area contributed by atoms with E-state index in [0.717, 1.165) is 36.1 Å². The fraction of sp³-hybridized carbons (Fsp3) is 0.500. The molecule has 11 nitrogen and oxygen atoms in total. The van der Waals surface area contributed by atoms with Crippen LogP contribution in [0.3, 0.4) is 0 Å².